The number of aliphatic hydroxyl groups is 2. The van der Waals surface area contributed by atoms with Crippen molar-refractivity contribution in [3.63, 3.8) is 0 Å². The molecule has 6 nitrogen and oxygen atoms in total. The largest absolute Gasteiger partial charge is 0.481 e. The van der Waals surface area contributed by atoms with Gasteiger partial charge in [-0.2, -0.15) is 0 Å². The lowest BCUT2D eigenvalue weighted by Gasteiger charge is -2.29. The summed E-state index contributed by atoms with van der Waals surface area (Å²) in [6, 6.07) is 0. The zero-order chi connectivity index (χ0) is 22.7. The van der Waals surface area contributed by atoms with Crippen molar-refractivity contribution >= 4 is 11.9 Å². The van der Waals surface area contributed by atoms with Crippen molar-refractivity contribution in [3.8, 4) is 0 Å². The molecule has 0 aromatic carbocycles. The van der Waals surface area contributed by atoms with E-state index in [2.05, 4.69) is 6.92 Å². The molecule has 0 unspecified atom stereocenters. The van der Waals surface area contributed by atoms with E-state index in [4.69, 9.17) is 9.84 Å². The Kier molecular flexibility index (Phi) is 11.1. The Bertz CT molecular complexity index is 659. The van der Waals surface area contributed by atoms with Gasteiger partial charge >= 0.3 is 11.9 Å². The van der Waals surface area contributed by atoms with E-state index >= 15 is 0 Å². The van der Waals surface area contributed by atoms with Crippen LogP contribution in [0.15, 0.2) is 35.6 Å². The number of unbranched alkanes of at least 4 members (excludes halogenated alkanes) is 2. The second-order valence-electron chi connectivity index (χ2n) is 8.72. The quantitative estimate of drug-likeness (QED) is 0.229. The second-order valence-corrected chi connectivity index (χ2v) is 8.72. The van der Waals surface area contributed by atoms with Crippen LogP contribution in [-0.4, -0.2) is 39.5 Å². The third-order valence-electron chi connectivity index (χ3n) is 5.58. The SMILES string of the molecule is CCCCC(C)(C)[C@H](O)/C=C/[C@@H]1C(C/C=C\CCCC(=O)O)=C(OC(C)=O)C[C@H]1O. The van der Waals surface area contributed by atoms with Crippen molar-refractivity contribution in [3.05, 3.63) is 35.6 Å². The Balaban J connectivity index is 2.89. The van der Waals surface area contributed by atoms with E-state index in [0.717, 1.165) is 24.8 Å². The van der Waals surface area contributed by atoms with Crippen molar-refractivity contribution in [1.29, 1.82) is 0 Å². The molecular weight excluding hydrogens is 384 g/mol. The third kappa shape index (κ3) is 8.84. The smallest absolute Gasteiger partial charge is 0.307 e. The van der Waals surface area contributed by atoms with Crippen LogP contribution >= 0.6 is 0 Å². The molecule has 3 atom stereocenters. The van der Waals surface area contributed by atoms with Gasteiger partial charge in [-0.1, -0.05) is 57.9 Å². The zero-order valence-corrected chi connectivity index (χ0v) is 18.8. The van der Waals surface area contributed by atoms with Crippen molar-refractivity contribution in [2.24, 2.45) is 11.3 Å². The van der Waals surface area contributed by atoms with Crippen LogP contribution in [0, 0.1) is 11.3 Å². The fourth-order valence-corrected chi connectivity index (χ4v) is 3.61. The number of aliphatic carboxylic acids is 1. The summed E-state index contributed by atoms with van der Waals surface area (Å²) in [5.74, 6) is -1.09. The minimum atomic E-state index is -0.812. The fourth-order valence-electron chi connectivity index (χ4n) is 3.61. The molecular formula is C24H38O6. The van der Waals surface area contributed by atoms with Gasteiger partial charge in [0, 0.05) is 25.7 Å². The molecule has 30 heavy (non-hydrogen) atoms. The van der Waals surface area contributed by atoms with Gasteiger partial charge in [-0.05, 0) is 36.7 Å². The first-order valence-electron chi connectivity index (χ1n) is 10.9. The molecule has 1 aliphatic rings. The maximum atomic E-state index is 11.5. The first-order valence-corrected chi connectivity index (χ1v) is 10.9. The second kappa shape index (κ2) is 12.7. The molecule has 0 aliphatic heterocycles. The number of esters is 1. The third-order valence-corrected chi connectivity index (χ3v) is 5.58. The Hall–Kier alpha value is -1.92. The van der Waals surface area contributed by atoms with Gasteiger partial charge in [0.1, 0.15) is 5.76 Å². The average molecular weight is 423 g/mol. The number of carbonyl (C=O) groups is 2. The number of allylic oxidation sites excluding steroid dienone is 2. The molecule has 0 aromatic rings. The summed E-state index contributed by atoms with van der Waals surface area (Å²) in [5.41, 5.74) is 0.560. The van der Waals surface area contributed by atoms with Crippen LogP contribution in [0.25, 0.3) is 0 Å². The summed E-state index contributed by atoms with van der Waals surface area (Å²) in [5, 5.41) is 29.9. The molecule has 3 N–H and O–H groups in total. The molecule has 0 amide bonds. The zero-order valence-electron chi connectivity index (χ0n) is 18.8. The number of hydrogen-bond donors (Lipinski definition) is 3. The van der Waals surface area contributed by atoms with Crippen LogP contribution < -0.4 is 0 Å². The van der Waals surface area contributed by atoms with Crippen LogP contribution in [0.5, 0.6) is 0 Å². The van der Waals surface area contributed by atoms with Crippen LogP contribution in [0.2, 0.25) is 0 Å². The lowest BCUT2D eigenvalue weighted by molar-refractivity contribution is -0.138. The molecule has 6 heteroatoms. The van der Waals surface area contributed by atoms with E-state index in [0.29, 0.717) is 25.0 Å². The van der Waals surface area contributed by atoms with Gasteiger partial charge in [0.15, 0.2) is 0 Å². The van der Waals surface area contributed by atoms with Gasteiger partial charge < -0.3 is 20.1 Å². The molecule has 0 bridgehead atoms. The van der Waals surface area contributed by atoms with Gasteiger partial charge in [0.2, 0.25) is 0 Å². The lowest BCUT2D eigenvalue weighted by Crippen LogP contribution is -2.28. The maximum Gasteiger partial charge on any atom is 0.307 e. The average Bonchev–Trinajstić information content (AvgIpc) is 2.94. The maximum absolute atomic E-state index is 11.5. The summed E-state index contributed by atoms with van der Waals surface area (Å²) in [6.07, 6.45) is 11.2. The number of carbonyl (C=O) groups excluding carboxylic acids is 1. The summed E-state index contributed by atoms with van der Waals surface area (Å²) in [6.45, 7) is 7.52. The van der Waals surface area contributed by atoms with Gasteiger partial charge in [0.25, 0.3) is 0 Å². The highest BCUT2D eigenvalue weighted by molar-refractivity contribution is 5.67. The first kappa shape index (κ1) is 26.1. The van der Waals surface area contributed by atoms with Crippen LogP contribution in [0.4, 0.5) is 0 Å². The van der Waals surface area contributed by atoms with Crippen LogP contribution in [0.1, 0.15) is 79.1 Å². The van der Waals surface area contributed by atoms with Crippen molar-refractivity contribution in [2.75, 3.05) is 0 Å². The first-order chi connectivity index (χ1) is 14.1. The van der Waals surface area contributed by atoms with E-state index in [9.17, 15) is 19.8 Å². The number of rotatable bonds is 13. The number of ether oxygens (including phenoxy) is 1. The lowest BCUT2D eigenvalue weighted by atomic mass is 9.80. The molecule has 0 aromatic heterocycles. The Morgan fingerprint density at radius 3 is 2.57 bits per heavy atom. The van der Waals surface area contributed by atoms with Gasteiger partial charge in [-0.15, -0.1) is 0 Å². The number of aliphatic hydroxyl groups excluding tert-OH is 2. The summed E-state index contributed by atoms with van der Waals surface area (Å²) >= 11 is 0. The fraction of sp³-hybridized carbons (Fsp3) is 0.667. The van der Waals surface area contributed by atoms with Gasteiger partial charge in [0.05, 0.1) is 12.2 Å². The summed E-state index contributed by atoms with van der Waals surface area (Å²) < 4.78 is 5.33. The van der Waals surface area contributed by atoms with E-state index in [1.54, 1.807) is 6.08 Å². The molecule has 1 aliphatic carbocycles. The molecule has 1 rings (SSSR count). The monoisotopic (exact) mass is 422 g/mol. The van der Waals surface area contributed by atoms with Crippen molar-refractivity contribution in [2.45, 2.75) is 91.3 Å². The molecule has 0 radical (unpaired) electrons. The summed E-state index contributed by atoms with van der Waals surface area (Å²) in [4.78, 5) is 22.1. The summed E-state index contributed by atoms with van der Waals surface area (Å²) in [7, 11) is 0. The normalized spacial score (nSPS) is 21.0. The highest BCUT2D eigenvalue weighted by Gasteiger charge is 2.34. The van der Waals surface area contributed by atoms with E-state index in [1.807, 2.05) is 32.1 Å². The van der Waals surface area contributed by atoms with Gasteiger partial charge in [-0.3, -0.25) is 9.59 Å². The molecule has 170 valence electrons. The minimum Gasteiger partial charge on any atom is -0.481 e. The number of hydrogen-bond acceptors (Lipinski definition) is 5. The van der Waals surface area contributed by atoms with E-state index in [1.165, 1.54) is 6.92 Å². The van der Waals surface area contributed by atoms with Crippen molar-refractivity contribution in [1.82, 2.24) is 0 Å². The predicted molar refractivity (Wildman–Crippen MR) is 117 cm³/mol. The number of carboxylic acids is 1. The minimum absolute atomic E-state index is 0.127. The Labute approximate surface area is 180 Å². The molecule has 0 spiro atoms. The van der Waals surface area contributed by atoms with E-state index < -0.39 is 24.1 Å². The number of carboxylic acid groups (broad SMARTS) is 1. The Morgan fingerprint density at radius 1 is 1.27 bits per heavy atom. The molecule has 0 saturated heterocycles. The highest BCUT2D eigenvalue weighted by Crippen LogP contribution is 2.37. The van der Waals surface area contributed by atoms with Crippen molar-refractivity contribution < 1.29 is 29.6 Å². The molecule has 0 fully saturated rings. The van der Waals surface area contributed by atoms with Crippen LogP contribution in [0.3, 0.4) is 0 Å². The molecule has 0 heterocycles. The topological polar surface area (TPSA) is 104 Å². The van der Waals surface area contributed by atoms with E-state index in [-0.39, 0.29) is 24.2 Å². The predicted octanol–water partition coefficient (Wildman–Crippen LogP) is 4.52. The molecule has 0 saturated carbocycles. The standard InChI is InChI=1S/C24H38O6/c1-5-6-15-24(3,4)22(27)14-13-18-19(11-9-7-8-10-12-23(28)29)21(16-20(18)26)30-17(2)25/h7,9,13-14,18,20,22,26-27H,5-6,8,10-12,15-16H2,1-4H3,(H,28,29)/b9-7-,14-13+/t18-,20-,22-/m1/s1. The van der Waals surface area contributed by atoms with Gasteiger partial charge in [-0.25, -0.2) is 0 Å². The highest BCUT2D eigenvalue weighted by atomic mass is 16.5. The Morgan fingerprint density at radius 2 is 1.97 bits per heavy atom. The van der Waals surface area contributed by atoms with Crippen LogP contribution in [-0.2, 0) is 14.3 Å².